The van der Waals surface area contributed by atoms with Gasteiger partial charge in [0.25, 0.3) is 0 Å². The minimum Gasteiger partial charge on any atom is -0.133 e. The lowest BCUT2D eigenvalue weighted by atomic mass is 9.87. The summed E-state index contributed by atoms with van der Waals surface area (Å²) >= 11 is 0. The molecule has 0 aromatic rings. The van der Waals surface area contributed by atoms with E-state index in [1.165, 1.54) is 0 Å². The van der Waals surface area contributed by atoms with Gasteiger partial charge in [0, 0.05) is 4.57 Å². The van der Waals surface area contributed by atoms with E-state index >= 15 is 0 Å². The van der Waals surface area contributed by atoms with Crippen LogP contribution < -0.4 is 0 Å². The third-order valence-corrected chi connectivity index (χ3v) is 3.49. The van der Waals surface area contributed by atoms with Crippen LogP contribution in [0.25, 0.3) is 0 Å². The molecule has 1 unspecified atom stereocenters. The second-order valence-electron chi connectivity index (χ2n) is 4.47. The van der Waals surface area contributed by atoms with Gasteiger partial charge in [-0.05, 0) is 19.3 Å². The van der Waals surface area contributed by atoms with Crippen LogP contribution in [0.2, 0.25) is 0 Å². The quantitative estimate of drug-likeness (QED) is 0.577. The van der Waals surface area contributed by atoms with E-state index in [2.05, 4.69) is 20.8 Å². The molecule has 1 atom stereocenters. The average Bonchev–Trinajstić information content (AvgIpc) is 2.23. The minimum atomic E-state index is -2.48. The molecule has 0 heterocycles. The van der Waals surface area contributed by atoms with E-state index in [0.717, 1.165) is 51.4 Å². The van der Waals surface area contributed by atoms with Gasteiger partial charge in [-0.2, -0.15) is 0 Å². The van der Waals surface area contributed by atoms with Gasteiger partial charge < -0.3 is 0 Å². The van der Waals surface area contributed by atoms with Crippen LogP contribution in [-0.4, -0.2) is 10.5 Å². The largest absolute Gasteiger partial charge is 0.695 e. The van der Waals surface area contributed by atoms with E-state index in [1.807, 2.05) is 0 Å². The van der Waals surface area contributed by atoms with E-state index in [0.29, 0.717) is 0 Å². The van der Waals surface area contributed by atoms with Gasteiger partial charge in [-0.1, -0.05) is 52.9 Å². The van der Waals surface area contributed by atoms with Crippen molar-refractivity contribution < 1.29 is 14.0 Å². The van der Waals surface area contributed by atoms with Crippen LogP contribution in [-0.2, 0) is 9.09 Å². The van der Waals surface area contributed by atoms with Crippen molar-refractivity contribution in [2.75, 3.05) is 0 Å². The molecule has 0 aliphatic carbocycles. The molecule has 0 aliphatic rings. The molecular formula is C12H26O3P+. The summed E-state index contributed by atoms with van der Waals surface area (Å²) in [5.74, 6) is 0. The zero-order valence-corrected chi connectivity index (χ0v) is 11.8. The molecule has 0 bridgehead atoms. The average molecular weight is 249 g/mol. The van der Waals surface area contributed by atoms with Gasteiger partial charge >= 0.3 is 8.25 Å². The summed E-state index contributed by atoms with van der Waals surface area (Å²) in [7, 11) is -2.48. The predicted octanol–water partition coefficient (Wildman–Crippen LogP) is 4.57. The van der Waals surface area contributed by atoms with Crippen LogP contribution in [0.3, 0.4) is 0 Å². The van der Waals surface area contributed by atoms with E-state index in [1.54, 1.807) is 0 Å². The van der Waals surface area contributed by atoms with E-state index in [9.17, 15) is 4.57 Å². The summed E-state index contributed by atoms with van der Waals surface area (Å²) in [4.78, 5) is 9.00. The van der Waals surface area contributed by atoms with Gasteiger partial charge in [0.05, 0.1) is 0 Å². The molecule has 0 rings (SSSR count). The van der Waals surface area contributed by atoms with Crippen LogP contribution in [0, 0.1) is 0 Å². The maximum absolute atomic E-state index is 10.9. The first-order chi connectivity index (χ1) is 7.60. The Hall–Kier alpha value is 0.0200. The lowest BCUT2D eigenvalue weighted by Gasteiger charge is -2.27. The second kappa shape index (κ2) is 9.09. The highest BCUT2D eigenvalue weighted by molar-refractivity contribution is 7.32. The highest BCUT2D eigenvalue weighted by Gasteiger charge is 2.38. The number of hydrogen-bond acceptors (Lipinski definition) is 2. The lowest BCUT2D eigenvalue weighted by molar-refractivity contribution is 0.0334. The molecule has 3 nitrogen and oxygen atoms in total. The number of rotatable bonds is 10. The zero-order chi connectivity index (χ0) is 12.4. The van der Waals surface area contributed by atoms with E-state index < -0.39 is 8.25 Å². The van der Waals surface area contributed by atoms with Crippen molar-refractivity contribution in [2.24, 2.45) is 0 Å². The van der Waals surface area contributed by atoms with Crippen molar-refractivity contribution >= 4 is 8.25 Å². The topological polar surface area (TPSA) is 46.5 Å². The lowest BCUT2D eigenvalue weighted by Crippen LogP contribution is -2.30. The first-order valence-corrected chi connectivity index (χ1v) is 7.58. The molecule has 0 aromatic heterocycles. The molecule has 96 valence electrons. The molecule has 16 heavy (non-hydrogen) atoms. The molecule has 0 aromatic carbocycles. The molecule has 1 N–H and O–H groups in total. The predicted molar refractivity (Wildman–Crippen MR) is 67.6 cm³/mol. The Morgan fingerprint density at radius 2 is 1.50 bits per heavy atom. The normalized spacial score (nSPS) is 12.9. The van der Waals surface area contributed by atoms with Crippen molar-refractivity contribution in [3.63, 3.8) is 0 Å². The molecular weight excluding hydrogens is 223 g/mol. The van der Waals surface area contributed by atoms with Crippen LogP contribution in [0.1, 0.15) is 72.1 Å². The third-order valence-electron chi connectivity index (χ3n) is 2.95. The van der Waals surface area contributed by atoms with Gasteiger partial charge in [0.1, 0.15) is 5.60 Å². The summed E-state index contributed by atoms with van der Waals surface area (Å²) < 4.78 is 16.3. The molecule has 0 saturated heterocycles. The van der Waals surface area contributed by atoms with Crippen molar-refractivity contribution in [3.8, 4) is 0 Å². The smallest absolute Gasteiger partial charge is 0.133 e. The van der Waals surface area contributed by atoms with Crippen molar-refractivity contribution in [2.45, 2.75) is 77.7 Å². The highest BCUT2D eigenvalue weighted by Crippen LogP contribution is 2.38. The Bertz CT molecular complexity index is 187. The summed E-state index contributed by atoms with van der Waals surface area (Å²) in [6.45, 7) is 6.37. The maximum Gasteiger partial charge on any atom is 0.695 e. The Morgan fingerprint density at radius 1 is 1.00 bits per heavy atom. The Labute approximate surface area is 101 Å². The van der Waals surface area contributed by atoms with Gasteiger partial charge in [0.15, 0.2) is 0 Å². The van der Waals surface area contributed by atoms with Gasteiger partial charge in [-0.3, -0.25) is 0 Å². The molecule has 0 saturated carbocycles. The Morgan fingerprint density at radius 3 is 1.81 bits per heavy atom. The maximum atomic E-state index is 10.9. The SMILES string of the molecule is CCCCC(CCC)(CCCC)O[P+](=O)O. The van der Waals surface area contributed by atoms with Crippen molar-refractivity contribution in [1.82, 2.24) is 0 Å². The Balaban J connectivity index is 4.51. The van der Waals surface area contributed by atoms with Crippen LogP contribution in [0.15, 0.2) is 0 Å². The minimum absolute atomic E-state index is 0.358. The van der Waals surface area contributed by atoms with Crippen LogP contribution in [0.4, 0.5) is 0 Å². The zero-order valence-electron chi connectivity index (χ0n) is 10.9. The fourth-order valence-electron chi connectivity index (χ4n) is 2.13. The van der Waals surface area contributed by atoms with Crippen molar-refractivity contribution in [1.29, 1.82) is 0 Å². The van der Waals surface area contributed by atoms with Crippen molar-refractivity contribution in [3.05, 3.63) is 0 Å². The Kier molecular flexibility index (Phi) is 9.10. The van der Waals surface area contributed by atoms with Gasteiger partial charge in [-0.25, -0.2) is 0 Å². The molecule has 0 amide bonds. The third kappa shape index (κ3) is 6.57. The van der Waals surface area contributed by atoms with Gasteiger partial charge in [-0.15, -0.1) is 9.42 Å². The van der Waals surface area contributed by atoms with Crippen LogP contribution in [0.5, 0.6) is 0 Å². The molecule has 4 heteroatoms. The second-order valence-corrected chi connectivity index (χ2v) is 5.13. The van der Waals surface area contributed by atoms with Gasteiger partial charge in [0.2, 0.25) is 0 Å². The first kappa shape index (κ1) is 16.0. The molecule has 0 radical (unpaired) electrons. The monoisotopic (exact) mass is 249 g/mol. The molecule has 0 spiro atoms. The summed E-state index contributed by atoms with van der Waals surface area (Å²) in [6, 6.07) is 0. The number of hydrogen-bond donors (Lipinski definition) is 1. The van der Waals surface area contributed by atoms with E-state index in [-0.39, 0.29) is 5.60 Å². The fourth-order valence-corrected chi connectivity index (χ4v) is 2.74. The number of unbranched alkanes of at least 4 members (excludes halogenated alkanes) is 2. The molecule has 0 aliphatic heterocycles. The first-order valence-electron chi connectivity index (χ1n) is 6.45. The summed E-state index contributed by atoms with van der Waals surface area (Å²) in [5, 5.41) is 0. The van der Waals surface area contributed by atoms with E-state index in [4.69, 9.17) is 9.42 Å². The summed E-state index contributed by atoms with van der Waals surface area (Å²) in [6.07, 6.45) is 8.01. The highest BCUT2D eigenvalue weighted by atomic mass is 31.1. The van der Waals surface area contributed by atoms with Crippen LogP contribution >= 0.6 is 8.25 Å². The molecule has 0 fully saturated rings. The summed E-state index contributed by atoms with van der Waals surface area (Å²) in [5.41, 5.74) is -0.358. The standard InChI is InChI=1S/C12H25O3P/c1-4-7-10-12(9-6-3,11-8-5-2)15-16(13)14/h4-11H2,1-3H3/p+1. The fraction of sp³-hybridized carbons (Fsp3) is 1.00.